The molecule has 1 amide bonds. The predicted molar refractivity (Wildman–Crippen MR) is 107 cm³/mol. The molecular weight excluding hydrogens is 336 g/mol. The highest BCUT2D eigenvalue weighted by atomic mass is 16.1. The van der Waals surface area contributed by atoms with Gasteiger partial charge in [-0.25, -0.2) is 4.98 Å². The van der Waals surface area contributed by atoms with Crippen molar-refractivity contribution < 1.29 is 4.79 Å². The van der Waals surface area contributed by atoms with Crippen LogP contribution in [0.2, 0.25) is 0 Å². The van der Waals surface area contributed by atoms with Gasteiger partial charge in [0, 0.05) is 11.9 Å². The number of amides is 1. The number of anilines is 1. The van der Waals surface area contributed by atoms with Crippen molar-refractivity contribution >= 4 is 23.2 Å². The van der Waals surface area contributed by atoms with E-state index in [-0.39, 0.29) is 5.57 Å². The van der Waals surface area contributed by atoms with E-state index in [1.54, 1.807) is 0 Å². The number of nitrogens with one attached hydrogen (secondary N) is 1. The first-order valence-electron chi connectivity index (χ1n) is 9.08. The van der Waals surface area contributed by atoms with E-state index >= 15 is 0 Å². The summed E-state index contributed by atoms with van der Waals surface area (Å²) in [6.07, 6.45) is 6.76. The molecule has 0 fully saturated rings. The van der Waals surface area contributed by atoms with E-state index in [0.29, 0.717) is 11.4 Å². The lowest BCUT2D eigenvalue weighted by atomic mass is 10.1. The monoisotopic (exact) mass is 358 g/mol. The number of hydrogen-bond donors (Lipinski definition) is 1. The summed E-state index contributed by atoms with van der Waals surface area (Å²) in [6.45, 7) is 4.05. The van der Waals surface area contributed by atoms with Crippen LogP contribution in [0.5, 0.6) is 0 Å². The number of fused-ring (bicyclic) bond motifs is 1. The first-order valence-corrected chi connectivity index (χ1v) is 9.08. The molecule has 0 unspecified atom stereocenters. The van der Waals surface area contributed by atoms with Crippen molar-refractivity contribution in [1.82, 2.24) is 9.38 Å². The van der Waals surface area contributed by atoms with Crippen LogP contribution in [0.1, 0.15) is 36.8 Å². The van der Waals surface area contributed by atoms with E-state index in [1.807, 2.05) is 66.1 Å². The first kappa shape index (κ1) is 18.4. The number of aromatic nitrogens is 2. The Labute approximate surface area is 159 Å². The third kappa shape index (κ3) is 4.24. The lowest BCUT2D eigenvalue weighted by Crippen LogP contribution is -2.13. The standard InChI is InChI=1S/C22H22N4O/c1-3-4-7-17-9-11-19(12-10-17)25-22(27)18(15-23)14-20-21-8-5-6-13-26(21)16(2)24-20/h5-6,8-14H,3-4,7H2,1-2H3,(H,25,27)/b18-14+. The first-order chi connectivity index (χ1) is 13.1. The second-order valence-electron chi connectivity index (χ2n) is 6.42. The zero-order chi connectivity index (χ0) is 19.2. The van der Waals surface area contributed by atoms with Gasteiger partial charge in [0.1, 0.15) is 17.5 Å². The van der Waals surface area contributed by atoms with Crippen LogP contribution in [0.25, 0.3) is 11.6 Å². The Balaban J connectivity index is 1.79. The fraction of sp³-hybridized carbons (Fsp3) is 0.227. The number of nitriles is 1. The molecule has 2 heterocycles. The van der Waals surface area contributed by atoms with Gasteiger partial charge in [-0.2, -0.15) is 5.26 Å². The summed E-state index contributed by atoms with van der Waals surface area (Å²) in [4.78, 5) is 17.0. The van der Waals surface area contributed by atoms with Gasteiger partial charge >= 0.3 is 0 Å². The molecule has 0 atom stereocenters. The highest BCUT2D eigenvalue weighted by Gasteiger charge is 2.13. The van der Waals surface area contributed by atoms with Crippen molar-refractivity contribution in [3.05, 3.63) is 71.3 Å². The minimum atomic E-state index is -0.437. The molecular formula is C22H22N4O. The maximum absolute atomic E-state index is 12.5. The van der Waals surface area contributed by atoms with E-state index in [1.165, 1.54) is 11.6 Å². The normalized spacial score (nSPS) is 11.4. The molecule has 1 N–H and O–H groups in total. The number of pyridine rings is 1. The van der Waals surface area contributed by atoms with Gasteiger partial charge in [-0.1, -0.05) is 31.5 Å². The predicted octanol–water partition coefficient (Wildman–Crippen LogP) is 4.53. The van der Waals surface area contributed by atoms with Gasteiger partial charge in [0.25, 0.3) is 5.91 Å². The quantitative estimate of drug-likeness (QED) is 0.520. The molecule has 1 aromatic carbocycles. The number of hydrogen-bond acceptors (Lipinski definition) is 3. The number of benzene rings is 1. The largest absolute Gasteiger partial charge is 0.321 e. The van der Waals surface area contributed by atoms with Gasteiger partial charge in [0.2, 0.25) is 0 Å². The SMILES string of the molecule is CCCCc1ccc(NC(=O)/C(C#N)=C/c2nc(C)n3ccccc23)cc1. The topological polar surface area (TPSA) is 70.2 Å². The van der Waals surface area contributed by atoms with Crippen LogP contribution in [0.4, 0.5) is 5.69 Å². The zero-order valence-electron chi connectivity index (χ0n) is 15.6. The third-order valence-electron chi connectivity index (χ3n) is 4.43. The molecule has 5 heteroatoms. The Morgan fingerprint density at radius 3 is 2.74 bits per heavy atom. The van der Waals surface area contributed by atoms with Crippen LogP contribution in [0.15, 0.2) is 54.2 Å². The van der Waals surface area contributed by atoms with Gasteiger partial charge in [-0.15, -0.1) is 0 Å². The van der Waals surface area contributed by atoms with Gasteiger partial charge in [0.05, 0.1) is 11.2 Å². The van der Waals surface area contributed by atoms with Crippen LogP contribution in [0.3, 0.4) is 0 Å². The van der Waals surface area contributed by atoms with Crippen molar-refractivity contribution in [2.75, 3.05) is 5.32 Å². The Kier molecular flexibility index (Phi) is 5.68. The van der Waals surface area contributed by atoms with Crippen molar-refractivity contribution in [2.45, 2.75) is 33.1 Å². The number of nitrogens with zero attached hydrogens (tertiary/aromatic N) is 3. The molecule has 2 aromatic heterocycles. The van der Waals surface area contributed by atoms with Gasteiger partial charge in [-0.3, -0.25) is 4.79 Å². The number of aryl methyl sites for hydroxylation is 2. The van der Waals surface area contributed by atoms with E-state index in [9.17, 15) is 10.1 Å². The molecule has 0 bridgehead atoms. The lowest BCUT2D eigenvalue weighted by molar-refractivity contribution is -0.112. The van der Waals surface area contributed by atoms with Crippen LogP contribution in [-0.4, -0.2) is 15.3 Å². The van der Waals surface area contributed by atoms with Gasteiger partial charge < -0.3 is 9.72 Å². The van der Waals surface area contributed by atoms with Crippen LogP contribution >= 0.6 is 0 Å². The highest BCUT2D eigenvalue weighted by molar-refractivity contribution is 6.10. The highest BCUT2D eigenvalue weighted by Crippen LogP contribution is 2.17. The summed E-state index contributed by atoms with van der Waals surface area (Å²) in [7, 11) is 0. The number of imidazole rings is 1. The molecule has 3 aromatic rings. The Bertz CT molecular complexity index is 1020. The number of unbranched alkanes of at least 4 members (excludes halogenated alkanes) is 1. The zero-order valence-corrected chi connectivity index (χ0v) is 15.6. The van der Waals surface area contributed by atoms with Crippen LogP contribution in [-0.2, 0) is 11.2 Å². The van der Waals surface area contributed by atoms with Crippen LogP contribution in [0, 0.1) is 18.3 Å². The van der Waals surface area contributed by atoms with Gasteiger partial charge in [-0.05, 0) is 55.7 Å². The average Bonchev–Trinajstić information content (AvgIpc) is 3.01. The van der Waals surface area contributed by atoms with Crippen LogP contribution < -0.4 is 5.32 Å². The lowest BCUT2D eigenvalue weighted by Gasteiger charge is -2.06. The van der Waals surface area contributed by atoms with E-state index < -0.39 is 5.91 Å². The fourth-order valence-electron chi connectivity index (χ4n) is 2.95. The molecule has 0 aliphatic carbocycles. The van der Waals surface area contributed by atoms with Crippen molar-refractivity contribution in [3.8, 4) is 6.07 Å². The molecule has 0 saturated carbocycles. The van der Waals surface area contributed by atoms with E-state index in [4.69, 9.17) is 0 Å². The van der Waals surface area contributed by atoms with Crippen molar-refractivity contribution in [1.29, 1.82) is 5.26 Å². The molecule has 136 valence electrons. The molecule has 0 aliphatic heterocycles. The summed E-state index contributed by atoms with van der Waals surface area (Å²) in [5.41, 5.74) is 3.40. The molecule has 0 saturated heterocycles. The Morgan fingerprint density at radius 2 is 2.04 bits per heavy atom. The molecule has 27 heavy (non-hydrogen) atoms. The third-order valence-corrected chi connectivity index (χ3v) is 4.43. The second-order valence-corrected chi connectivity index (χ2v) is 6.42. The Morgan fingerprint density at radius 1 is 1.26 bits per heavy atom. The molecule has 0 radical (unpaired) electrons. The molecule has 3 rings (SSSR count). The summed E-state index contributed by atoms with van der Waals surface area (Å²) < 4.78 is 1.92. The Hall–Kier alpha value is -3.39. The summed E-state index contributed by atoms with van der Waals surface area (Å²) >= 11 is 0. The molecule has 5 nitrogen and oxygen atoms in total. The van der Waals surface area contributed by atoms with E-state index in [0.717, 1.165) is 30.6 Å². The number of carbonyl (C=O) groups is 1. The van der Waals surface area contributed by atoms with Crippen molar-refractivity contribution in [3.63, 3.8) is 0 Å². The second kappa shape index (κ2) is 8.33. The summed E-state index contributed by atoms with van der Waals surface area (Å²) in [5, 5.41) is 12.2. The number of rotatable bonds is 6. The minimum Gasteiger partial charge on any atom is -0.321 e. The van der Waals surface area contributed by atoms with Gasteiger partial charge in [0.15, 0.2) is 0 Å². The average molecular weight is 358 g/mol. The maximum Gasteiger partial charge on any atom is 0.266 e. The molecule has 0 spiro atoms. The maximum atomic E-state index is 12.5. The molecule has 0 aliphatic rings. The van der Waals surface area contributed by atoms with E-state index in [2.05, 4.69) is 17.2 Å². The fourth-order valence-corrected chi connectivity index (χ4v) is 2.95. The minimum absolute atomic E-state index is 0.0221. The summed E-state index contributed by atoms with van der Waals surface area (Å²) in [5.74, 6) is 0.366. The smallest absolute Gasteiger partial charge is 0.266 e. The summed E-state index contributed by atoms with van der Waals surface area (Å²) in [6, 6.07) is 15.5. The van der Waals surface area contributed by atoms with Crippen molar-refractivity contribution in [2.24, 2.45) is 0 Å². The number of carbonyl (C=O) groups excluding carboxylic acids is 1.